The Balaban J connectivity index is 3.12. The Labute approximate surface area is 64.0 Å². The van der Waals surface area contributed by atoms with E-state index in [0.29, 0.717) is 18.0 Å². The Morgan fingerprint density at radius 3 is 2.91 bits per heavy atom. The molecule has 0 aromatic carbocycles. The zero-order chi connectivity index (χ0) is 8.27. The molecule has 1 aromatic heterocycles. The molecule has 4 nitrogen and oxygen atoms in total. The highest BCUT2D eigenvalue weighted by Crippen LogP contribution is 2.05. The molecule has 0 aliphatic carbocycles. The lowest BCUT2D eigenvalue weighted by Crippen LogP contribution is -2.10. The minimum Gasteiger partial charge on any atom is -0.496 e. The van der Waals surface area contributed by atoms with Crippen molar-refractivity contribution in [3.63, 3.8) is 0 Å². The van der Waals surface area contributed by atoms with Crippen LogP contribution in [-0.2, 0) is 6.54 Å². The minimum absolute atomic E-state index is 0.190. The number of hydrogen-bond acceptors (Lipinski definition) is 3. The van der Waals surface area contributed by atoms with E-state index in [9.17, 15) is 4.79 Å². The van der Waals surface area contributed by atoms with Crippen molar-refractivity contribution in [1.29, 1.82) is 0 Å². The van der Waals surface area contributed by atoms with Crippen LogP contribution in [0.4, 0.5) is 0 Å². The van der Waals surface area contributed by atoms with Gasteiger partial charge in [-0.25, -0.2) is 0 Å². The quantitative estimate of drug-likeness (QED) is 0.622. The van der Waals surface area contributed by atoms with Crippen LogP contribution in [0.15, 0.2) is 16.9 Å². The number of nitrogens with two attached hydrogens (primary N) is 1. The van der Waals surface area contributed by atoms with E-state index < -0.39 is 0 Å². The van der Waals surface area contributed by atoms with Gasteiger partial charge in [0.25, 0.3) is 5.56 Å². The van der Waals surface area contributed by atoms with Crippen LogP contribution in [0.5, 0.6) is 5.75 Å². The van der Waals surface area contributed by atoms with Crippen molar-refractivity contribution >= 4 is 0 Å². The Bertz CT molecular complexity index is 267. The van der Waals surface area contributed by atoms with E-state index in [1.54, 1.807) is 6.07 Å². The number of nitrogens with one attached hydrogen (secondary N) is 1. The molecule has 0 saturated heterocycles. The van der Waals surface area contributed by atoms with E-state index in [0.717, 1.165) is 0 Å². The fraction of sp³-hybridized carbons (Fsp3) is 0.286. The zero-order valence-electron chi connectivity index (χ0n) is 6.26. The van der Waals surface area contributed by atoms with E-state index in [1.807, 2.05) is 0 Å². The van der Waals surface area contributed by atoms with Gasteiger partial charge in [-0.1, -0.05) is 0 Å². The molecule has 11 heavy (non-hydrogen) atoms. The first-order valence-corrected chi connectivity index (χ1v) is 3.23. The second-order valence-electron chi connectivity index (χ2n) is 2.11. The standard InChI is InChI=1S/C7H10N2O2/c1-11-6-2-5(4-8)9-7(10)3-6/h2-3H,4,8H2,1H3,(H,9,10). The molecule has 0 spiro atoms. The molecule has 4 heteroatoms. The number of aromatic nitrogens is 1. The number of rotatable bonds is 2. The van der Waals surface area contributed by atoms with Gasteiger partial charge < -0.3 is 15.5 Å². The number of methoxy groups -OCH3 is 1. The van der Waals surface area contributed by atoms with E-state index in [-0.39, 0.29) is 5.56 Å². The van der Waals surface area contributed by atoms with Crippen LogP contribution in [0.25, 0.3) is 0 Å². The average Bonchev–Trinajstić information content (AvgIpc) is 2.03. The van der Waals surface area contributed by atoms with E-state index in [4.69, 9.17) is 10.5 Å². The smallest absolute Gasteiger partial charge is 0.251 e. The SMILES string of the molecule is COc1cc(CN)[nH]c(=O)c1. The molecule has 1 rings (SSSR count). The second kappa shape index (κ2) is 3.21. The van der Waals surface area contributed by atoms with Crippen LogP contribution in [0.3, 0.4) is 0 Å². The van der Waals surface area contributed by atoms with Gasteiger partial charge in [-0.05, 0) is 0 Å². The maximum absolute atomic E-state index is 10.8. The fourth-order valence-electron chi connectivity index (χ4n) is 0.801. The molecule has 0 amide bonds. The maximum Gasteiger partial charge on any atom is 0.251 e. The molecule has 3 N–H and O–H groups in total. The highest BCUT2D eigenvalue weighted by atomic mass is 16.5. The van der Waals surface area contributed by atoms with Crippen LogP contribution in [0, 0.1) is 0 Å². The third kappa shape index (κ3) is 1.81. The predicted molar refractivity (Wildman–Crippen MR) is 41.5 cm³/mol. The summed E-state index contributed by atoms with van der Waals surface area (Å²) in [6.07, 6.45) is 0. The first kappa shape index (κ1) is 7.81. The topological polar surface area (TPSA) is 68.1 Å². The van der Waals surface area contributed by atoms with Crippen LogP contribution in [0.2, 0.25) is 0 Å². The molecule has 0 radical (unpaired) electrons. The van der Waals surface area contributed by atoms with Crippen LogP contribution in [0.1, 0.15) is 5.69 Å². The Hall–Kier alpha value is -1.29. The molecular weight excluding hydrogens is 144 g/mol. The number of H-pyrrole nitrogens is 1. The van der Waals surface area contributed by atoms with Gasteiger partial charge in [-0.2, -0.15) is 0 Å². The molecule has 0 bridgehead atoms. The van der Waals surface area contributed by atoms with Gasteiger partial charge >= 0.3 is 0 Å². The van der Waals surface area contributed by atoms with Crippen molar-refractivity contribution in [2.45, 2.75) is 6.54 Å². The molecule has 0 aliphatic heterocycles. The number of pyridine rings is 1. The van der Waals surface area contributed by atoms with Gasteiger partial charge in [0.15, 0.2) is 0 Å². The summed E-state index contributed by atoms with van der Waals surface area (Å²) in [5.74, 6) is 0.536. The zero-order valence-corrected chi connectivity index (χ0v) is 6.26. The Kier molecular flexibility index (Phi) is 2.28. The first-order valence-electron chi connectivity index (χ1n) is 3.23. The summed E-state index contributed by atoms with van der Waals surface area (Å²) in [5, 5.41) is 0. The number of ether oxygens (including phenoxy) is 1. The highest BCUT2D eigenvalue weighted by molar-refractivity contribution is 5.22. The fourth-order valence-corrected chi connectivity index (χ4v) is 0.801. The lowest BCUT2D eigenvalue weighted by atomic mass is 10.3. The summed E-state index contributed by atoms with van der Waals surface area (Å²) in [5.41, 5.74) is 5.80. The van der Waals surface area contributed by atoms with Gasteiger partial charge in [0.2, 0.25) is 0 Å². The molecule has 1 aromatic rings. The molecule has 1 heterocycles. The predicted octanol–water partition coefficient (Wildman–Crippen LogP) is -0.158. The third-order valence-corrected chi connectivity index (χ3v) is 1.33. The number of aromatic amines is 1. The second-order valence-corrected chi connectivity index (χ2v) is 2.11. The van der Waals surface area contributed by atoms with Crippen molar-refractivity contribution in [2.24, 2.45) is 5.73 Å². The first-order chi connectivity index (χ1) is 5.26. The van der Waals surface area contributed by atoms with Crippen molar-refractivity contribution < 1.29 is 4.74 Å². The van der Waals surface area contributed by atoms with Gasteiger partial charge in [0.1, 0.15) is 5.75 Å². The van der Waals surface area contributed by atoms with Crippen molar-refractivity contribution in [3.8, 4) is 5.75 Å². The normalized spacial score (nSPS) is 9.64. The van der Waals surface area contributed by atoms with Crippen molar-refractivity contribution in [1.82, 2.24) is 4.98 Å². The number of hydrogen-bond donors (Lipinski definition) is 2. The monoisotopic (exact) mass is 154 g/mol. The summed E-state index contributed by atoms with van der Waals surface area (Å²) in [7, 11) is 1.51. The highest BCUT2D eigenvalue weighted by Gasteiger charge is 1.95. The lowest BCUT2D eigenvalue weighted by molar-refractivity contribution is 0.413. The third-order valence-electron chi connectivity index (χ3n) is 1.33. The largest absolute Gasteiger partial charge is 0.496 e. The molecular formula is C7H10N2O2. The molecule has 60 valence electrons. The van der Waals surface area contributed by atoms with E-state index >= 15 is 0 Å². The summed E-state index contributed by atoms with van der Waals surface area (Å²) in [6, 6.07) is 3.07. The lowest BCUT2D eigenvalue weighted by Gasteiger charge is -2.00. The van der Waals surface area contributed by atoms with Crippen LogP contribution in [-0.4, -0.2) is 12.1 Å². The molecule has 0 saturated carbocycles. The van der Waals surface area contributed by atoms with Gasteiger partial charge in [0, 0.05) is 24.4 Å². The van der Waals surface area contributed by atoms with Crippen molar-refractivity contribution in [3.05, 3.63) is 28.2 Å². The maximum atomic E-state index is 10.8. The average molecular weight is 154 g/mol. The summed E-state index contributed by atoms with van der Waals surface area (Å²) < 4.78 is 4.86. The van der Waals surface area contributed by atoms with E-state index in [2.05, 4.69) is 4.98 Å². The summed E-state index contributed by atoms with van der Waals surface area (Å²) in [6.45, 7) is 0.312. The molecule has 0 atom stereocenters. The molecule has 0 unspecified atom stereocenters. The van der Waals surface area contributed by atoms with Gasteiger partial charge in [-0.3, -0.25) is 4.79 Å². The van der Waals surface area contributed by atoms with Gasteiger partial charge in [0.05, 0.1) is 7.11 Å². The summed E-state index contributed by atoms with van der Waals surface area (Å²) >= 11 is 0. The van der Waals surface area contributed by atoms with Crippen LogP contribution >= 0.6 is 0 Å². The summed E-state index contributed by atoms with van der Waals surface area (Å²) in [4.78, 5) is 13.4. The minimum atomic E-state index is -0.190. The van der Waals surface area contributed by atoms with E-state index in [1.165, 1.54) is 13.2 Å². The Morgan fingerprint density at radius 1 is 1.64 bits per heavy atom. The van der Waals surface area contributed by atoms with Crippen molar-refractivity contribution in [2.75, 3.05) is 7.11 Å². The van der Waals surface area contributed by atoms with Crippen LogP contribution < -0.4 is 16.0 Å². The molecule has 0 aliphatic rings. The van der Waals surface area contributed by atoms with Gasteiger partial charge in [-0.15, -0.1) is 0 Å². The molecule has 0 fully saturated rings. The Morgan fingerprint density at radius 2 is 2.36 bits per heavy atom.